The Morgan fingerprint density at radius 3 is 1.08 bits per heavy atom. The maximum Gasteiger partial charge on any atom is 0.132 e. The average Bonchev–Trinajstić information content (AvgIpc) is 2.68. The zero-order chi connectivity index (χ0) is 16.8. The molecule has 0 saturated heterocycles. The monoisotopic (exact) mass is 338 g/mol. The van der Waals surface area contributed by atoms with E-state index >= 15 is 0 Å². The van der Waals surface area contributed by atoms with Crippen LogP contribution in [0.5, 0.6) is 0 Å². The van der Waals surface area contributed by atoms with Crippen molar-refractivity contribution in [1.29, 1.82) is 0 Å². The Kier molecular flexibility index (Phi) is 5.36. The van der Waals surface area contributed by atoms with Crippen LogP contribution in [0.4, 0.5) is 0 Å². The molecular weight excluding hydrogens is 316 g/mol. The lowest BCUT2D eigenvalue weighted by Crippen LogP contribution is -2.30. The molecule has 0 aliphatic carbocycles. The van der Waals surface area contributed by atoms with Crippen LogP contribution in [0.25, 0.3) is 0 Å². The Bertz CT molecular complexity index is 644. The number of thiol groups is 1. The fraction of sp³-hybridized carbons (Fsp3) is 0.143. The van der Waals surface area contributed by atoms with Crippen molar-refractivity contribution in [3.63, 3.8) is 0 Å². The van der Waals surface area contributed by atoms with Gasteiger partial charge in [0.1, 0.15) is 4.75 Å². The molecule has 124 valence electrons. The third kappa shape index (κ3) is 2.86. The minimum atomic E-state index is -1.23. The molecule has 3 heteroatoms. The lowest BCUT2D eigenvalue weighted by molar-refractivity contribution is 0.353. The standard InChI is InChI=1S/C21H22O2S/c1-22-24(23-2)21(18-12-6-3-7-13-18,19-14-8-4-9-15-19)20-16-10-5-11-17-20/h3-17,24H,1-2H3. The molecular formula is C21H22O2S. The summed E-state index contributed by atoms with van der Waals surface area (Å²) in [5.74, 6) is 0. The van der Waals surface area contributed by atoms with Crippen molar-refractivity contribution in [2.24, 2.45) is 0 Å². The first kappa shape index (κ1) is 16.8. The zero-order valence-corrected chi connectivity index (χ0v) is 14.8. The SMILES string of the molecule is CO[SH](OC)C(c1ccccc1)(c1ccccc1)c1ccccc1. The summed E-state index contributed by atoms with van der Waals surface area (Å²) in [5, 5.41) is 0. The molecule has 0 unspecified atom stereocenters. The quantitative estimate of drug-likeness (QED) is 0.498. The van der Waals surface area contributed by atoms with Crippen LogP contribution in [0.3, 0.4) is 0 Å². The van der Waals surface area contributed by atoms with Gasteiger partial charge in [0.25, 0.3) is 0 Å². The summed E-state index contributed by atoms with van der Waals surface area (Å²) in [7, 11) is 3.44. The highest BCUT2D eigenvalue weighted by molar-refractivity contribution is 8.09. The molecule has 0 aromatic heterocycles. The normalized spacial score (nSPS) is 12.0. The first-order chi connectivity index (χ1) is 11.8. The van der Waals surface area contributed by atoms with Crippen LogP contribution in [-0.4, -0.2) is 14.2 Å². The average molecular weight is 338 g/mol. The molecule has 0 aliphatic rings. The Hall–Kier alpha value is -2.07. The number of hydrogen-bond acceptors (Lipinski definition) is 2. The highest BCUT2D eigenvalue weighted by Crippen LogP contribution is 2.57. The van der Waals surface area contributed by atoms with Gasteiger partial charge in [0.15, 0.2) is 0 Å². The summed E-state index contributed by atoms with van der Waals surface area (Å²) in [6.45, 7) is 0. The summed E-state index contributed by atoms with van der Waals surface area (Å²) in [5.41, 5.74) is 3.49. The molecule has 0 radical (unpaired) electrons. The van der Waals surface area contributed by atoms with Gasteiger partial charge in [0.05, 0.1) is 14.2 Å². The molecule has 0 amide bonds. The van der Waals surface area contributed by atoms with E-state index in [1.54, 1.807) is 14.2 Å². The predicted octanol–water partition coefficient (Wildman–Crippen LogP) is 5.10. The fourth-order valence-corrected chi connectivity index (χ4v) is 4.98. The summed E-state index contributed by atoms with van der Waals surface area (Å²) in [6, 6.07) is 31.4. The van der Waals surface area contributed by atoms with E-state index in [4.69, 9.17) is 8.37 Å². The molecule has 24 heavy (non-hydrogen) atoms. The van der Waals surface area contributed by atoms with Crippen molar-refractivity contribution in [2.45, 2.75) is 4.75 Å². The van der Waals surface area contributed by atoms with Gasteiger partial charge in [-0.1, -0.05) is 91.0 Å². The van der Waals surface area contributed by atoms with Crippen molar-refractivity contribution in [3.05, 3.63) is 108 Å². The molecule has 0 spiro atoms. The summed E-state index contributed by atoms with van der Waals surface area (Å²) in [6.07, 6.45) is 0. The van der Waals surface area contributed by atoms with Crippen LogP contribution in [0, 0.1) is 0 Å². The first-order valence-corrected chi connectivity index (χ1v) is 9.06. The van der Waals surface area contributed by atoms with Gasteiger partial charge >= 0.3 is 0 Å². The molecule has 0 fully saturated rings. The van der Waals surface area contributed by atoms with E-state index in [-0.39, 0.29) is 0 Å². The van der Waals surface area contributed by atoms with E-state index in [9.17, 15) is 0 Å². The van der Waals surface area contributed by atoms with Gasteiger partial charge in [-0.2, -0.15) is 11.5 Å². The van der Waals surface area contributed by atoms with E-state index in [0.717, 1.165) is 16.7 Å². The highest BCUT2D eigenvalue weighted by Gasteiger charge is 2.41. The van der Waals surface area contributed by atoms with Gasteiger partial charge in [-0.15, -0.1) is 0 Å². The maximum atomic E-state index is 5.87. The molecule has 0 aliphatic heterocycles. The molecule has 2 nitrogen and oxygen atoms in total. The first-order valence-electron chi connectivity index (χ1n) is 7.89. The Morgan fingerprint density at radius 1 is 0.542 bits per heavy atom. The highest BCUT2D eigenvalue weighted by atomic mass is 32.2. The van der Waals surface area contributed by atoms with E-state index in [0.29, 0.717) is 0 Å². The maximum absolute atomic E-state index is 5.87. The Labute approximate surface area is 146 Å². The van der Waals surface area contributed by atoms with Crippen LogP contribution in [0.1, 0.15) is 16.7 Å². The smallest absolute Gasteiger partial charge is 0.132 e. The van der Waals surface area contributed by atoms with Gasteiger partial charge in [-0.25, -0.2) is 0 Å². The van der Waals surface area contributed by atoms with Crippen molar-refractivity contribution < 1.29 is 8.37 Å². The lowest BCUT2D eigenvalue weighted by atomic mass is 9.84. The Balaban J connectivity index is 2.37. The number of benzene rings is 3. The largest absolute Gasteiger partial charge is 0.289 e. The predicted molar refractivity (Wildman–Crippen MR) is 102 cm³/mol. The van der Waals surface area contributed by atoms with Crippen LogP contribution < -0.4 is 0 Å². The van der Waals surface area contributed by atoms with Gasteiger partial charge in [-0.05, 0) is 16.7 Å². The molecule has 0 bridgehead atoms. The van der Waals surface area contributed by atoms with Crippen LogP contribution >= 0.6 is 11.5 Å². The van der Waals surface area contributed by atoms with Crippen molar-refractivity contribution in [2.75, 3.05) is 14.2 Å². The van der Waals surface area contributed by atoms with Crippen molar-refractivity contribution >= 4 is 11.5 Å². The van der Waals surface area contributed by atoms with Gasteiger partial charge in [-0.3, -0.25) is 8.37 Å². The number of rotatable bonds is 6. The van der Waals surface area contributed by atoms with Crippen LogP contribution in [0.15, 0.2) is 91.0 Å². The topological polar surface area (TPSA) is 18.5 Å². The second-order valence-corrected chi connectivity index (χ2v) is 7.35. The minimum Gasteiger partial charge on any atom is -0.289 e. The molecule has 0 heterocycles. The van der Waals surface area contributed by atoms with E-state index in [1.165, 1.54) is 0 Å². The van der Waals surface area contributed by atoms with Gasteiger partial charge < -0.3 is 0 Å². The van der Waals surface area contributed by atoms with E-state index in [1.807, 2.05) is 18.2 Å². The van der Waals surface area contributed by atoms with E-state index < -0.39 is 16.2 Å². The van der Waals surface area contributed by atoms with Gasteiger partial charge in [0, 0.05) is 0 Å². The molecule has 3 aromatic carbocycles. The minimum absolute atomic E-state index is 0.484. The van der Waals surface area contributed by atoms with Crippen LogP contribution in [0.2, 0.25) is 0 Å². The molecule has 0 saturated carbocycles. The third-order valence-electron chi connectivity index (χ3n) is 4.18. The molecule has 3 aromatic rings. The number of hydrogen-bond donors (Lipinski definition) is 1. The van der Waals surface area contributed by atoms with E-state index in [2.05, 4.69) is 72.8 Å². The van der Waals surface area contributed by atoms with Crippen molar-refractivity contribution in [3.8, 4) is 0 Å². The second kappa shape index (κ2) is 7.67. The summed E-state index contributed by atoms with van der Waals surface area (Å²) < 4.78 is 11.3. The third-order valence-corrected chi connectivity index (χ3v) is 6.17. The molecule has 0 atom stereocenters. The zero-order valence-electron chi connectivity index (χ0n) is 13.9. The Morgan fingerprint density at radius 2 is 0.833 bits per heavy atom. The lowest BCUT2D eigenvalue weighted by Gasteiger charge is -2.45. The summed E-state index contributed by atoms with van der Waals surface area (Å²) in [4.78, 5) is 0. The van der Waals surface area contributed by atoms with Crippen molar-refractivity contribution in [1.82, 2.24) is 0 Å². The summed E-state index contributed by atoms with van der Waals surface area (Å²) >= 11 is -1.23. The fourth-order valence-electron chi connectivity index (χ4n) is 3.20. The molecule has 3 rings (SSSR count). The van der Waals surface area contributed by atoms with Gasteiger partial charge in [0.2, 0.25) is 0 Å². The molecule has 0 N–H and O–H groups in total. The van der Waals surface area contributed by atoms with Crippen LogP contribution in [-0.2, 0) is 13.1 Å². The second-order valence-electron chi connectivity index (χ2n) is 5.43.